The minimum Gasteiger partial charge on any atom is -0.378 e. The zero-order valence-electron chi connectivity index (χ0n) is 13.3. The Morgan fingerprint density at radius 1 is 1.41 bits per heavy atom. The first-order valence-electron chi connectivity index (χ1n) is 8.01. The smallest absolute Gasteiger partial charge is 0.228 e. The highest BCUT2D eigenvalue weighted by Crippen LogP contribution is 2.25. The van der Waals surface area contributed by atoms with Crippen LogP contribution in [-0.4, -0.2) is 64.6 Å². The van der Waals surface area contributed by atoms with E-state index in [0.717, 1.165) is 38.3 Å². The summed E-state index contributed by atoms with van der Waals surface area (Å²) in [7, 11) is 2.08. The average molecular weight is 304 g/mol. The van der Waals surface area contributed by atoms with E-state index in [9.17, 15) is 4.79 Å². The molecule has 0 unspecified atom stereocenters. The summed E-state index contributed by atoms with van der Waals surface area (Å²) in [5.74, 6) is 1.13. The number of likely N-dealkylation sites (tertiary alicyclic amines) is 1. The molecule has 6 heteroatoms. The van der Waals surface area contributed by atoms with Crippen molar-refractivity contribution in [3.8, 4) is 0 Å². The molecule has 0 spiro atoms. The van der Waals surface area contributed by atoms with Gasteiger partial charge in [-0.3, -0.25) is 9.69 Å². The topological polar surface area (TPSA) is 58.6 Å². The summed E-state index contributed by atoms with van der Waals surface area (Å²) >= 11 is 0. The Kier molecular flexibility index (Phi) is 4.69. The van der Waals surface area contributed by atoms with Gasteiger partial charge in [-0.2, -0.15) is 0 Å². The predicted octanol–water partition coefficient (Wildman–Crippen LogP) is 0.934. The van der Waals surface area contributed by atoms with Gasteiger partial charge in [0, 0.05) is 38.1 Å². The van der Waals surface area contributed by atoms with Crippen LogP contribution in [0, 0.1) is 5.92 Å². The molecule has 3 atom stereocenters. The molecule has 6 nitrogen and oxygen atoms in total. The summed E-state index contributed by atoms with van der Waals surface area (Å²) in [6, 6.07) is 2.20. The van der Waals surface area contributed by atoms with E-state index in [1.165, 1.54) is 0 Å². The van der Waals surface area contributed by atoms with Gasteiger partial charge < -0.3 is 9.64 Å². The number of hydrogen-bond acceptors (Lipinski definition) is 5. The maximum absolute atomic E-state index is 12.6. The molecule has 2 aliphatic rings. The van der Waals surface area contributed by atoms with Crippen molar-refractivity contribution in [2.75, 3.05) is 26.7 Å². The third kappa shape index (κ3) is 3.28. The highest BCUT2D eigenvalue weighted by molar-refractivity contribution is 5.80. The molecule has 3 rings (SSSR count). The first-order valence-corrected chi connectivity index (χ1v) is 8.01. The molecule has 1 aromatic rings. The van der Waals surface area contributed by atoms with Gasteiger partial charge in [0.15, 0.2) is 0 Å². The van der Waals surface area contributed by atoms with Crippen LogP contribution >= 0.6 is 0 Å². The lowest BCUT2D eigenvalue weighted by atomic mass is 10.0. The molecule has 0 aromatic carbocycles. The van der Waals surface area contributed by atoms with Crippen molar-refractivity contribution in [2.45, 2.75) is 38.5 Å². The van der Waals surface area contributed by atoms with Crippen molar-refractivity contribution in [3.63, 3.8) is 0 Å². The van der Waals surface area contributed by atoms with Crippen LogP contribution in [0.2, 0.25) is 0 Å². The van der Waals surface area contributed by atoms with Crippen LogP contribution in [0.15, 0.2) is 18.5 Å². The van der Waals surface area contributed by atoms with Crippen LogP contribution in [0.4, 0.5) is 0 Å². The lowest BCUT2D eigenvalue weighted by molar-refractivity contribution is -0.136. The number of amides is 1. The number of hydrogen-bond donors (Lipinski definition) is 0. The lowest BCUT2D eigenvalue weighted by Gasteiger charge is -2.25. The van der Waals surface area contributed by atoms with E-state index < -0.39 is 0 Å². The minimum atomic E-state index is 0.0431. The van der Waals surface area contributed by atoms with Gasteiger partial charge in [-0.15, -0.1) is 0 Å². The maximum atomic E-state index is 12.6. The molecule has 22 heavy (non-hydrogen) atoms. The van der Waals surface area contributed by atoms with E-state index in [2.05, 4.69) is 21.9 Å². The third-order valence-corrected chi connectivity index (χ3v) is 4.80. The van der Waals surface area contributed by atoms with Crippen molar-refractivity contribution < 1.29 is 9.53 Å². The van der Waals surface area contributed by atoms with Gasteiger partial charge in [0.05, 0.1) is 18.6 Å². The Balaban J connectivity index is 1.54. The summed E-state index contributed by atoms with van der Waals surface area (Å²) in [5.41, 5.74) is 0. The molecule has 0 bridgehead atoms. The molecule has 120 valence electrons. The van der Waals surface area contributed by atoms with E-state index in [-0.39, 0.29) is 17.9 Å². The average Bonchev–Trinajstić information content (AvgIpc) is 3.16. The van der Waals surface area contributed by atoms with Crippen molar-refractivity contribution in [1.29, 1.82) is 0 Å². The van der Waals surface area contributed by atoms with Crippen LogP contribution in [0.3, 0.4) is 0 Å². The Bertz CT molecular complexity index is 510. The van der Waals surface area contributed by atoms with Crippen LogP contribution in [-0.2, 0) is 16.1 Å². The first kappa shape index (κ1) is 15.4. The van der Waals surface area contributed by atoms with E-state index in [1.54, 1.807) is 12.4 Å². The molecule has 1 aromatic heterocycles. The van der Waals surface area contributed by atoms with E-state index in [4.69, 9.17) is 4.74 Å². The molecule has 0 aliphatic carbocycles. The number of likely N-dealkylation sites (N-methyl/N-ethyl adjacent to an activating group) is 1. The number of carbonyl (C=O) groups is 1. The maximum Gasteiger partial charge on any atom is 0.228 e. The fourth-order valence-corrected chi connectivity index (χ4v) is 3.36. The number of aromatic nitrogens is 2. The molecule has 2 saturated heterocycles. The normalized spacial score (nSPS) is 28.5. The van der Waals surface area contributed by atoms with Gasteiger partial charge in [-0.05, 0) is 32.9 Å². The molecule has 1 amide bonds. The Morgan fingerprint density at radius 3 is 2.86 bits per heavy atom. The first-order chi connectivity index (χ1) is 10.6. The highest BCUT2D eigenvalue weighted by atomic mass is 16.5. The summed E-state index contributed by atoms with van der Waals surface area (Å²) in [4.78, 5) is 25.4. The molecule has 2 aliphatic heterocycles. The standard InChI is InChI=1S/C16H24N4O2/c1-12-14(5-9-22-12)16(21)20-8-4-13(10-20)19(2)11-15-17-6-3-7-18-15/h3,6-7,12-14H,4-5,8-11H2,1-2H3/t12-,13+,14+/m0/s1. The fraction of sp³-hybridized carbons (Fsp3) is 0.688. The third-order valence-electron chi connectivity index (χ3n) is 4.80. The fourth-order valence-electron chi connectivity index (χ4n) is 3.36. The SMILES string of the molecule is C[C@@H]1OCC[C@H]1C(=O)N1CC[C@@H](N(C)Cc2ncccn2)C1. The van der Waals surface area contributed by atoms with Gasteiger partial charge >= 0.3 is 0 Å². The lowest BCUT2D eigenvalue weighted by Crippen LogP contribution is -2.40. The minimum absolute atomic E-state index is 0.0431. The van der Waals surface area contributed by atoms with Gasteiger partial charge in [-0.25, -0.2) is 9.97 Å². The molecule has 0 radical (unpaired) electrons. The number of rotatable bonds is 4. The highest BCUT2D eigenvalue weighted by Gasteiger charge is 2.37. The quantitative estimate of drug-likeness (QED) is 0.828. The van der Waals surface area contributed by atoms with E-state index in [1.807, 2.05) is 17.9 Å². The molecular formula is C16H24N4O2. The van der Waals surface area contributed by atoms with E-state index >= 15 is 0 Å². The molecule has 0 saturated carbocycles. The van der Waals surface area contributed by atoms with Gasteiger partial charge in [0.25, 0.3) is 0 Å². The number of ether oxygens (including phenoxy) is 1. The van der Waals surface area contributed by atoms with Crippen LogP contribution < -0.4 is 0 Å². The second kappa shape index (κ2) is 6.71. The Hall–Kier alpha value is -1.53. The summed E-state index contributed by atoms with van der Waals surface area (Å²) < 4.78 is 5.52. The van der Waals surface area contributed by atoms with Gasteiger partial charge in [0.2, 0.25) is 5.91 Å². The second-order valence-corrected chi connectivity index (χ2v) is 6.28. The second-order valence-electron chi connectivity index (χ2n) is 6.28. The summed E-state index contributed by atoms with van der Waals surface area (Å²) in [6.45, 7) is 5.07. The van der Waals surface area contributed by atoms with Crippen LogP contribution in [0.1, 0.15) is 25.6 Å². The van der Waals surface area contributed by atoms with Gasteiger partial charge in [0.1, 0.15) is 5.82 Å². The molecule has 0 N–H and O–H groups in total. The molecule has 3 heterocycles. The number of nitrogens with zero attached hydrogens (tertiary/aromatic N) is 4. The van der Waals surface area contributed by atoms with Gasteiger partial charge in [-0.1, -0.05) is 0 Å². The zero-order chi connectivity index (χ0) is 15.5. The largest absolute Gasteiger partial charge is 0.378 e. The zero-order valence-corrected chi connectivity index (χ0v) is 13.3. The van der Waals surface area contributed by atoms with Crippen LogP contribution in [0.25, 0.3) is 0 Å². The summed E-state index contributed by atoms with van der Waals surface area (Å²) in [6.07, 6.45) is 5.46. The van der Waals surface area contributed by atoms with Crippen molar-refractivity contribution in [1.82, 2.24) is 19.8 Å². The predicted molar refractivity (Wildman–Crippen MR) is 82.0 cm³/mol. The van der Waals surface area contributed by atoms with E-state index in [0.29, 0.717) is 12.6 Å². The number of carbonyl (C=O) groups excluding carboxylic acids is 1. The van der Waals surface area contributed by atoms with Crippen molar-refractivity contribution >= 4 is 5.91 Å². The van der Waals surface area contributed by atoms with Crippen LogP contribution in [0.5, 0.6) is 0 Å². The summed E-state index contributed by atoms with van der Waals surface area (Å²) in [5, 5.41) is 0. The Morgan fingerprint density at radius 2 is 2.18 bits per heavy atom. The monoisotopic (exact) mass is 304 g/mol. The van der Waals surface area contributed by atoms with Crippen molar-refractivity contribution in [2.24, 2.45) is 5.92 Å². The molecular weight excluding hydrogens is 280 g/mol. The Labute approximate surface area is 131 Å². The van der Waals surface area contributed by atoms with Crippen molar-refractivity contribution in [3.05, 3.63) is 24.3 Å². The molecule has 2 fully saturated rings.